The summed E-state index contributed by atoms with van der Waals surface area (Å²) in [6, 6.07) is 44.5. The van der Waals surface area contributed by atoms with Crippen LogP contribution in [-0.2, 0) is 38.8 Å². The van der Waals surface area contributed by atoms with Crippen molar-refractivity contribution < 1.29 is 48.5 Å². The Labute approximate surface area is 437 Å². The van der Waals surface area contributed by atoms with Crippen LogP contribution in [0.2, 0.25) is 0 Å². The highest BCUT2D eigenvalue weighted by molar-refractivity contribution is 6.03. The van der Waals surface area contributed by atoms with E-state index in [1.165, 1.54) is 12.1 Å². The molecule has 1 fully saturated rings. The Balaban J connectivity index is 1.21. The van der Waals surface area contributed by atoms with Crippen LogP contribution in [0.1, 0.15) is 73.1 Å². The summed E-state index contributed by atoms with van der Waals surface area (Å²) < 4.78 is 33.4. The lowest BCUT2D eigenvalue weighted by Crippen LogP contribution is -2.70. The number of benzene rings is 6. The van der Waals surface area contributed by atoms with Crippen molar-refractivity contribution >= 4 is 28.3 Å². The minimum Gasteiger partial charge on any atom is -0.459 e. The third kappa shape index (κ3) is 12.3. The number of nitro benzene ring substituents is 1. The molecule has 6 aromatic rings. The van der Waals surface area contributed by atoms with Gasteiger partial charge in [0, 0.05) is 37.2 Å². The van der Waals surface area contributed by atoms with E-state index in [1.54, 1.807) is 29.2 Å². The second-order valence-electron chi connectivity index (χ2n) is 19.3. The number of allylic oxidation sites excluding steroid dienone is 1. The van der Waals surface area contributed by atoms with Crippen LogP contribution >= 0.6 is 0 Å². The van der Waals surface area contributed by atoms with E-state index < -0.39 is 28.8 Å². The molecule has 0 unspecified atom stereocenters. The highest BCUT2D eigenvalue weighted by Gasteiger charge is 2.66. The molecular weight excluding hydrogens is 951 g/mol. The van der Waals surface area contributed by atoms with Crippen LogP contribution in [0.5, 0.6) is 17.2 Å². The van der Waals surface area contributed by atoms with Crippen molar-refractivity contribution in [2.45, 2.75) is 82.5 Å². The van der Waals surface area contributed by atoms with Gasteiger partial charge >= 0.3 is 6.09 Å². The fraction of sp³-hybridized carbons (Fsp3) is 0.344. The van der Waals surface area contributed by atoms with Gasteiger partial charge < -0.3 is 38.7 Å². The Bertz CT molecular complexity index is 2940. The number of nitrogens with zero attached hydrogens (tertiary/aromatic N) is 3. The van der Waals surface area contributed by atoms with Crippen molar-refractivity contribution in [1.82, 2.24) is 4.90 Å². The van der Waals surface area contributed by atoms with Crippen LogP contribution in [0.25, 0.3) is 10.8 Å². The smallest absolute Gasteiger partial charge is 0.410 e. The van der Waals surface area contributed by atoms with Gasteiger partial charge in [-0.25, -0.2) is 4.79 Å². The van der Waals surface area contributed by atoms with Crippen LogP contribution in [0.3, 0.4) is 0 Å². The van der Waals surface area contributed by atoms with Crippen LogP contribution in [0.15, 0.2) is 175 Å². The lowest BCUT2D eigenvalue weighted by molar-refractivity contribution is -0.384. The second-order valence-corrected chi connectivity index (χ2v) is 19.3. The minimum absolute atomic E-state index is 0.0250. The summed E-state index contributed by atoms with van der Waals surface area (Å²) in [6.07, 6.45) is 7.69. The number of hydrogen-bond acceptors (Lipinski definition) is 12. The van der Waals surface area contributed by atoms with Crippen LogP contribution in [0.4, 0.5) is 10.5 Å². The summed E-state index contributed by atoms with van der Waals surface area (Å²) in [5, 5.41) is 39.0. The zero-order valence-electron chi connectivity index (χ0n) is 42.1. The molecule has 390 valence electrons. The fourth-order valence-corrected chi connectivity index (χ4v) is 11.2. The van der Waals surface area contributed by atoms with Crippen molar-refractivity contribution in [3.05, 3.63) is 202 Å². The van der Waals surface area contributed by atoms with Crippen LogP contribution < -0.4 is 9.47 Å². The fourth-order valence-electron chi connectivity index (χ4n) is 11.2. The molecule has 9 rings (SSSR count). The Hall–Kier alpha value is -7.36. The number of hydrogen-bond donors (Lipinski definition) is 2. The van der Waals surface area contributed by atoms with Gasteiger partial charge in [0.1, 0.15) is 36.5 Å². The largest absolute Gasteiger partial charge is 0.459 e. The quantitative estimate of drug-likeness (QED) is 0.0242. The Morgan fingerprint density at radius 2 is 1.52 bits per heavy atom. The van der Waals surface area contributed by atoms with E-state index >= 15 is 4.79 Å². The van der Waals surface area contributed by atoms with Crippen molar-refractivity contribution in [2.24, 2.45) is 22.9 Å². The molecule has 0 saturated heterocycles. The van der Waals surface area contributed by atoms with Gasteiger partial charge in [0.15, 0.2) is 0 Å². The van der Waals surface area contributed by atoms with E-state index in [9.17, 15) is 20.3 Å². The van der Waals surface area contributed by atoms with Gasteiger partial charge in [-0.3, -0.25) is 15.0 Å². The molecule has 2 N–H and O–H groups in total. The number of carbonyl (C=O) groups excluding carboxylic acids is 1. The Kier molecular flexibility index (Phi) is 17.7. The molecule has 3 aliphatic rings. The Morgan fingerprint density at radius 1 is 0.813 bits per heavy atom. The number of nitro groups is 1. The predicted octanol–water partition coefficient (Wildman–Crippen LogP) is 12.2. The molecule has 75 heavy (non-hydrogen) atoms. The minimum atomic E-state index is -1.59. The van der Waals surface area contributed by atoms with Gasteiger partial charge in [0.2, 0.25) is 5.79 Å². The number of unbranched alkanes of at least 4 members (excludes halogenated alkanes) is 2. The molecule has 0 spiro atoms. The number of aliphatic hydroxyl groups excluding tert-OH is 2. The molecule has 0 radical (unpaired) electrons. The van der Waals surface area contributed by atoms with Crippen LogP contribution in [0, 0.1) is 27.9 Å². The lowest BCUT2D eigenvalue weighted by Gasteiger charge is -2.59. The summed E-state index contributed by atoms with van der Waals surface area (Å²) in [4.78, 5) is 34.8. The highest BCUT2D eigenvalue weighted by Crippen LogP contribution is 2.62. The van der Waals surface area contributed by atoms with E-state index in [2.05, 4.69) is 12.7 Å². The van der Waals surface area contributed by atoms with Gasteiger partial charge in [0.25, 0.3) is 5.69 Å². The first-order chi connectivity index (χ1) is 36.8. The molecule has 0 bridgehead atoms. The first kappa shape index (κ1) is 52.5. The van der Waals surface area contributed by atoms with Gasteiger partial charge in [-0.15, -0.1) is 6.58 Å². The molecule has 14 nitrogen and oxygen atoms in total. The number of non-ortho nitro benzene ring substituents is 1. The summed E-state index contributed by atoms with van der Waals surface area (Å²) in [7, 11) is 0. The first-order valence-electron chi connectivity index (χ1n) is 26.0. The molecule has 1 amide bonds. The SMILES string of the molecule is C=CCO[C@@]12Oc3ccc(Oc4cccc([N+](=O)[O-])c4)cc3[C@H]3[C@H](CCCCO)[C@@H](CCCCO)C=C(C(=NOCc4ccccc4)C[C@@H]1N(Cc1cccc4ccccc14)C(=O)OCCOCc1ccccc1)[C@H]32. The number of amides is 1. The third-order valence-corrected chi connectivity index (χ3v) is 14.6. The second kappa shape index (κ2) is 25.2. The molecule has 6 atom stereocenters. The maximum absolute atomic E-state index is 15.4. The van der Waals surface area contributed by atoms with E-state index in [4.69, 9.17) is 33.7 Å². The van der Waals surface area contributed by atoms with E-state index in [1.807, 2.05) is 115 Å². The number of aliphatic hydroxyl groups is 2. The van der Waals surface area contributed by atoms with Gasteiger partial charge in [-0.2, -0.15) is 0 Å². The van der Waals surface area contributed by atoms with Gasteiger partial charge in [-0.1, -0.05) is 139 Å². The normalized spacial score (nSPS) is 21.0. The maximum Gasteiger partial charge on any atom is 0.410 e. The summed E-state index contributed by atoms with van der Waals surface area (Å²) in [5.41, 5.74) is 5.04. The number of carbonyl (C=O) groups is 1. The average Bonchev–Trinajstić information content (AvgIpc) is 3.44. The predicted molar refractivity (Wildman–Crippen MR) is 286 cm³/mol. The molecule has 2 aliphatic carbocycles. The lowest BCUT2D eigenvalue weighted by atomic mass is 9.55. The molecule has 1 heterocycles. The van der Waals surface area contributed by atoms with Crippen molar-refractivity contribution in [2.75, 3.05) is 33.0 Å². The zero-order valence-corrected chi connectivity index (χ0v) is 42.1. The van der Waals surface area contributed by atoms with Gasteiger partial charge in [-0.05, 0) is 94.8 Å². The number of rotatable bonds is 25. The number of fused-ring (bicyclic) bond motifs is 3. The zero-order chi connectivity index (χ0) is 52.0. The maximum atomic E-state index is 15.4. The van der Waals surface area contributed by atoms with Crippen molar-refractivity contribution in [3.63, 3.8) is 0 Å². The monoisotopic (exact) mass is 1020 g/mol. The van der Waals surface area contributed by atoms with E-state index in [-0.39, 0.29) is 76.0 Å². The van der Waals surface area contributed by atoms with Gasteiger partial charge in [0.05, 0.1) is 49.0 Å². The number of ether oxygens (including phenoxy) is 5. The topological polar surface area (TPSA) is 172 Å². The van der Waals surface area contributed by atoms with E-state index in [0.29, 0.717) is 48.8 Å². The van der Waals surface area contributed by atoms with E-state index in [0.717, 1.165) is 57.9 Å². The average molecular weight is 1020 g/mol. The van der Waals surface area contributed by atoms with Crippen LogP contribution in [-0.4, -0.2) is 76.7 Å². The Morgan fingerprint density at radius 3 is 2.28 bits per heavy atom. The standard InChI is InChI=1S/C61H65N3O11/c1-2-33-72-61-57(63(40-47-24-15-23-45-21-9-10-27-51(45)47)60(67)71-35-34-70-41-43-17-5-3-6-18-43)39-55(62-73-42-44-19-7-4-8-20-44)53-36-46(22-11-13-31-65)52(28-12-14-32-66)58(59(53)61)54-38-50(29-30-56(54)75-61)74-49-26-16-25-48(37-49)64(68)69/h2-10,15-21,23-27,29-30,36-38,46,52,57-59,65-66H,1,11-14,22,28,31-35,39-42H2/t46-,52+,57-,58+,59+,61+/m0/s1. The molecule has 1 aliphatic heterocycles. The molecule has 6 aromatic carbocycles. The summed E-state index contributed by atoms with van der Waals surface area (Å²) >= 11 is 0. The third-order valence-electron chi connectivity index (χ3n) is 14.6. The molecule has 0 aromatic heterocycles. The highest BCUT2D eigenvalue weighted by atomic mass is 16.7. The molecule has 1 saturated carbocycles. The number of oxime groups is 1. The van der Waals surface area contributed by atoms with Crippen molar-refractivity contribution in [1.29, 1.82) is 0 Å². The summed E-state index contributed by atoms with van der Waals surface area (Å²) in [6.45, 7) is 5.03. The molecular formula is C61H65N3O11. The molecule has 14 heteroatoms. The summed E-state index contributed by atoms with van der Waals surface area (Å²) in [5.74, 6) is -1.41. The first-order valence-corrected chi connectivity index (χ1v) is 26.0. The van der Waals surface area contributed by atoms with Crippen molar-refractivity contribution in [3.8, 4) is 17.2 Å².